The lowest BCUT2D eigenvalue weighted by molar-refractivity contribution is 0.0288. The average molecular weight is 337 g/mol. The minimum atomic E-state index is -3.81. The second-order valence-electron chi connectivity index (χ2n) is 4.20. The third kappa shape index (κ3) is 5.71. The summed E-state index contributed by atoms with van der Waals surface area (Å²) in [5, 5.41) is 6.48. The van der Waals surface area contributed by atoms with Crippen LogP contribution in [0.2, 0.25) is 0 Å². The first-order valence-electron chi connectivity index (χ1n) is 6.22. The standard InChI is InChI=1S/C12H19NO6S2/c1-9-10(8-20-12(9)21(13,15)16)11(14)19-7-6-18-5-3-4-17-2/h8H,3-7H2,1-2H3,(H2,13,15,16). The topological polar surface area (TPSA) is 105 Å². The van der Waals surface area contributed by atoms with Crippen molar-refractivity contribution in [1.82, 2.24) is 0 Å². The zero-order valence-electron chi connectivity index (χ0n) is 12.0. The molecule has 0 saturated heterocycles. The number of carbonyl (C=O) groups excluding carboxylic acids is 1. The van der Waals surface area contributed by atoms with Crippen LogP contribution in [0.25, 0.3) is 0 Å². The summed E-state index contributed by atoms with van der Waals surface area (Å²) in [5.74, 6) is -0.584. The molecule has 2 N–H and O–H groups in total. The smallest absolute Gasteiger partial charge is 0.339 e. The first-order valence-corrected chi connectivity index (χ1v) is 8.65. The number of thiophene rings is 1. The Labute approximate surface area is 128 Å². The maximum Gasteiger partial charge on any atom is 0.339 e. The van der Waals surface area contributed by atoms with Gasteiger partial charge in [-0.3, -0.25) is 0 Å². The molecule has 0 fully saturated rings. The minimum absolute atomic E-state index is 0.0229. The second-order valence-corrected chi connectivity index (χ2v) is 6.84. The zero-order valence-corrected chi connectivity index (χ0v) is 13.6. The van der Waals surface area contributed by atoms with Gasteiger partial charge in [0.1, 0.15) is 10.8 Å². The van der Waals surface area contributed by atoms with Crippen LogP contribution in [-0.4, -0.2) is 47.9 Å². The highest BCUT2D eigenvalue weighted by Crippen LogP contribution is 2.25. The van der Waals surface area contributed by atoms with E-state index < -0.39 is 16.0 Å². The van der Waals surface area contributed by atoms with Gasteiger partial charge in [0, 0.05) is 25.7 Å². The van der Waals surface area contributed by atoms with Gasteiger partial charge in [0.05, 0.1) is 12.2 Å². The summed E-state index contributed by atoms with van der Waals surface area (Å²) in [6.45, 7) is 3.04. The Hall–Kier alpha value is -1.00. The molecule has 1 heterocycles. The van der Waals surface area contributed by atoms with Crippen LogP contribution in [0.4, 0.5) is 0 Å². The fraction of sp³-hybridized carbons (Fsp3) is 0.583. The van der Waals surface area contributed by atoms with Gasteiger partial charge in [-0.15, -0.1) is 11.3 Å². The van der Waals surface area contributed by atoms with Crippen LogP contribution in [0.3, 0.4) is 0 Å². The Balaban J connectivity index is 2.42. The van der Waals surface area contributed by atoms with Crippen LogP contribution in [0, 0.1) is 6.92 Å². The van der Waals surface area contributed by atoms with Gasteiger partial charge in [0.2, 0.25) is 10.0 Å². The van der Waals surface area contributed by atoms with E-state index in [4.69, 9.17) is 19.3 Å². The molecule has 0 unspecified atom stereocenters. The number of rotatable bonds is 9. The van der Waals surface area contributed by atoms with Gasteiger partial charge >= 0.3 is 5.97 Å². The Bertz CT molecular complexity index is 566. The SMILES string of the molecule is COCCCOCCOC(=O)c1csc(S(N)(=O)=O)c1C. The Morgan fingerprint density at radius 3 is 2.57 bits per heavy atom. The van der Waals surface area contributed by atoms with E-state index in [-0.39, 0.29) is 23.0 Å². The number of sulfonamides is 1. The number of methoxy groups -OCH3 is 1. The first kappa shape index (κ1) is 18.1. The molecule has 21 heavy (non-hydrogen) atoms. The lowest BCUT2D eigenvalue weighted by Gasteiger charge is -2.06. The lowest BCUT2D eigenvalue weighted by atomic mass is 10.2. The van der Waals surface area contributed by atoms with Crippen LogP contribution in [0.5, 0.6) is 0 Å². The third-order valence-corrected chi connectivity index (χ3v) is 5.25. The summed E-state index contributed by atoms with van der Waals surface area (Å²) in [7, 11) is -2.20. The van der Waals surface area contributed by atoms with E-state index >= 15 is 0 Å². The van der Waals surface area contributed by atoms with Crippen LogP contribution in [0.15, 0.2) is 9.59 Å². The van der Waals surface area contributed by atoms with Crippen molar-refractivity contribution in [1.29, 1.82) is 0 Å². The van der Waals surface area contributed by atoms with E-state index in [1.54, 1.807) is 7.11 Å². The van der Waals surface area contributed by atoms with E-state index in [1.165, 1.54) is 12.3 Å². The molecule has 7 nitrogen and oxygen atoms in total. The normalized spacial score (nSPS) is 11.6. The highest BCUT2D eigenvalue weighted by atomic mass is 32.2. The molecular weight excluding hydrogens is 318 g/mol. The molecule has 0 bridgehead atoms. The largest absolute Gasteiger partial charge is 0.460 e. The maximum atomic E-state index is 11.8. The summed E-state index contributed by atoms with van der Waals surface area (Å²) in [6, 6.07) is 0. The molecule has 9 heteroatoms. The molecule has 0 atom stereocenters. The average Bonchev–Trinajstić information content (AvgIpc) is 2.79. The van der Waals surface area contributed by atoms with Gasteiger partial charge < -0.3 is 14.2 Å². The number of nitrogens with two attached hydrogens (primary N) is 1. The van der Waals surface area contributed by atoms with E-state index in [0.717, 1.165) is 17.8 Å². The number of hydrogen-bond donors (Lipinski definition) is 1. The fourth-order valence-electron chi connectivity index (χ4n) is 1.56. The molecule has 0 aliphatic heterocycles. The molecule has 1 aromatic rings. The number of esters is 1. The van der Waals surface area contributed by atoms with Crippen molar-refractivity contribution in [2.75, 3.05) is 33.5 Å². The molecule has 1 rings (SSSR count). The molecule has 0 aliphatic rings. The number of primary sulfonamides is 1. The fourth-order valence-corrected chi connectivity index (χ4v) is 3.56. The summed E-state index contributed by atoms with van der Waals surface area (Å²) >= 11 is 0.905. The highest BCUT2D eigenvalue weighted by molar-refractivity contribution is 7.91. The minimum Gasteiger partial charge on any atom is -0.460 e. The summed E-state index contributed by atoms with van der Waals surface area (Å²) < 4.78 is 37.7. The van der Waals surface area contributed by atoms with Crippen molar-refractivity contribution in [3.63, 3.8) is 0 Å². The second kappa shape index (κ2) is 8.44. The molecule has 0 aliphatic carbocycles. The summed E-state index contributed by atoms with van der Waals surface area (Å²) in [5.41, 5.74) is 0.525. The highest BCUT2D eigenvalue weighted by Gasteiger charge is 2.21. The number of carbonyl (C=O) groups is 1. The van der Waals surface area contributed by atoms with Crippen molar-refractivity contribution in [2.24, 2.45) is 5.14 Å². The van der Waals surface area contributed by atoms with Gasteiger partial charge in [-0.2, -0.15) is 0 Å². The maximum absolute atomic E-state index is 11.8. The van der Waals surface area contributed by atoms with E-state index in [2.05, 4.69) is 0 Å². The van der Waals surface area contributed by atoms with Crippen LogP contribution >= 0.6 is 11.3 Å². The Morgan fingerprint density at radius 2 is 2.00 bits per heavy atom. The lowest BCUT2D eigenvalue weighted by Crippen LogP contribution is -2.14. The van der Waals surface area contributed by atoms with E-state index in [1.807, 2.05) is 0 Å². The molecule has 1 aromatic heterocycles. The van der Waals surface area contributed by atoms with Crippen molar-refractivity contribution in [3.05, 3.63) is 16.5 Å². The van der Waals surface area contributed by atoms with Crippen molar-refractivity contribution in [2.45, 2.75) is 17.6 Å². The molecule has 0 spiro atoms. The van der Waals surface area contributed by atoms with Crippen molar-refractivity contribution in [3.8, 4) is 0 Å². The number of hydrogen-bond acceptors (Lipinski definition) is 7. The summed E-state index contributed by atoms with van der Waals surface area (Å²) in [4.78, 5) is 11.8. The van der Waals surface area contributed by atoms with E-state index in [0.29, 0.717) is 18.8 Å². The van der Waals surface area contributed by atoms with E-state index in [9.17, 15) is 13.2 Å². The van der Waals surface area contributed by atoms with Gasteiger partial charge in [0.15, 0.2) is 0 Å². The van der Waals surface area contributed by atoms with Crippen LogP contribution in [-0.2, 0) is 24.2 Å². The molecule has 0 saturated carbocycles. The van der Waals surface area contributed by atoms with Crippen LogP contribution in [0.1, 0.15) is 22.3 Å². The predicted molar refractivity (Wildman–Crippen MR) is 78.0 cm³/mol. The van der Waals surface area contributed by atoms with Gasteiger partial charge in [-0.25, -0.2) is 18.4 Å². The van der Waals surface area contributed by atoms with Crippen molar-refractivity contribution >= 4 is 27.3 Å². The molecule has 0 radical (unpaired) electrons. The molecule has 0 amide bonds. The van der Waals surface area contributed by atoms with Gasteiger partial charge in [0.25, 0.3) is 0 Å². The van der Waals surface area contributed by atoms with Gasteiger partial charge in [-0.1, -0.05) is 0 Å². The monoisotopic (exact) mass is 337 g/mol. The Kier molecular flexibility index (Phi) is 7.26. The first-order chi connectivity index (χ1) is 9.88. The molecular formula is C12H19NO6S2. The summed E-state index contributed by atoms with van der Waals surface area (Å²) in [6.07, 6.45) is 0.770. The predicted octanol–water partition coefficient (Wildman–Crippen LogP) is 0.914. The zero-order chi connectivity index (χ0) is 15.9. The van der Waals surface area contributed by atoms with Crippen molar-refractivity contribution < 1.29 is 27.4 Å². The molecule has 120 valence electrons. The van der Waals surface area contributed by atoms with Gasteiger partial charge in [-0.05, 0) is 18.9 Å². The molecule has 0 aromatic carbocycles. The Morgan fingerprint density at radius 1 is 1.29 bits per heavy atom. The number of ether oxygens (including phenoxy) is 3. The third-order valence-electron chi connectivity index (χ3n) is 2.57. The van der Waals surface area contributed by atoms with Crippen LogP contribution < -0.4 is 5.14 Å². The quantitative estimate of drug-likeness (QED) is 0.530.